The molecule has 1 aromatic heterocycles. The number of rotatable bonds is 5. The van der Waals surface area contributed by atoms with Crippen molar-refractivity contribution < 1.29 is 4.74 Å². The zero-order valence-electron chi connectivity index (χ0n) is 11.4. The SMILES string of the molecule is CCOc1cccc(NC2CCN(CC)CC2)n1. The van der Waals surface area contributed by atoms with Gasteiger partial charge in [0.15, 0.2) is 0 Å². The minimum Gasteiger partial charge on any atom is -0.478 e. The van der Waals surface area contributed by atoms with E-state index >= 15 is 0 Å². The van der Waals surface area contributed by atoms with Crippen LogP contribution in [0.3, 0.4) is 0 Å². The lowest BCUT2D eigenvalue weighted by atomic mass is 10.1. The summed E-state index contributed by atoms with van der Waals surface area (Å²) in [5.74, 6) is 1.63. The maximum Gasteiger partial charge on any atom is 0.215 e. The first kappa shape index (κ1) is 13.1. The van der Waals surface area contributed by atoms with Crippen LogP contribution in [0.5, 0.6) is 5.88 Å². The first-order valence-electron chi connectivity index (χ1n) is 6.90. The average Bonchev–Trinajstić information content (AvgIpc) is 2.40. The fourth-order valence-corrected chi connectivity index (χ4v) is 2.33. The van der Waals surface area contributed by atoms with E-state index < -0.39 is 0 Å². The summed E-state index contributed by atoms with van der Waals surface area (Å²) in [6.45, 7) is 8.37. The normalized spacial score (nSPS) is 17.7. The van der Waals surface area contributed by atoms with Gasteiger partial charge in [0.2, 0.25) is 5.88 Å². The van der Waals surface area contributed by atoms with Crippen LogP contribution >= 0.6 is 0 Å². The second-order valence-electron chi connectivity index (χ2n) is 4.65. The van der Waals surface area contributed by atoms with Crippen molar-refractivity contribution in [1.29, 1.82) is 0 Å². The van der Waals surface area contributed by atoms with E-state index in [0.717, 1.165) is 12.4 Å². The minimum atomic E-state index is 0.539. The molecule has 0 saturated carbocycles. The van der Waals surface area contributed by atoms with E-state index in [4.69, 9.17) is 4.74 Å². The summed E-state index contributed by atoms with van der Waals surface area (Å²) in [6.07, 6.45) is 2.38. The Bertz CT molecular complexity index is 362. The van der Waals surface area contributed by atoms with Crippen LogP contribution in [-0.2, 0) is 0 Å². The van der Waals surface area contributed by atoms with Gasteiger partial charge in [-0.25, -0.2) is 0 Å². The van der Waals surface area contributed by atoms with Gasteiger partial charge >= 0.3 is 0 Å². The van der Waals surface area contributed by atoms with Crippen LogP contribution in [0.1, 0.15) is 26.7 Å². The summed E-state index contributed by atoms with van der Waals surface area (Å²) >= 11 is 0. The van der Waals surface area contributed by atoms with E-state index in [0.29, 0.717) is 18.5 Å². The Kier molecular flexibility index (Phi) is 4.81. The zero-order valence-corrected chi connectivity index (χ0v) is 11.4. The molecule has 0 unspecified atom stereocenters. The van der Waals surface area contributed by atoms with Crippen molar-refractivity contribution in [1.82, 2.24) is 9.88 Å². The fraction of sp³-hybridized carbons (Fsp3) is 0.643. The number of anilines is 1. The zero-order chi connectivity index (χ0) is 12.8. The molecule has 100 valence electrons. The molecule has 0 amide bonds. The van der Waals surface area contributed by atoms with Gasteiger partial charge in [0.05, 0.1) is 6.61 Å². The highest BCUT2D eigenvalue weighted by Crippen LogP contribution is 2.17. The third kappa shape index (κ3) is 3.60. The molecule has 0 aliphatic carbocycles. The number of pyridine rings is 1. The van der Waals surface area contributed by atoms with Gasteiger partial charge in [-0.05, 0) is 32.4 Å². The number of nitrogens with one attached hydrogen (secondary N) is 1. The van der Waals surface area contributed by atoms with E-state index in [1.807, 2.05) is 25.1 Å². The van der Waals surface area contributed by atoms with Gasteiger partial charge in [-0.2, -0.15) is 4.98 Å². The van der Waals surface area contributed by atoms with Crippen molar-refractivity contribution in [3.63, 3.8) is 0 Å². The lowest BCUT2D eigenvalue weighted by molar-refractivity contribution is 0.229. The summed E-state index contributed by atoms with van der Waals surface area (Å²) in [5.41, 5.74) is 0. The Balaban J connectivity index is 1.87. The first-order valence-corrected chi connectivity index (χ1v) is 6.90. The van der Waals surface area contributed by atoms with E-state index in [1.165, 1.54) is 25.9 Å². The maximum atomic E-state index is 5.41. The number of nitrogens with zero attached hydrogens (tertiary/aromatic N) is 2. The van der Waals surface area contributed by atoms with Crippen LogP contribution < -0.4 is 10.1 Å². The van der Waals surface area contributed by atoms with E-state index in [2.05, 4.69) is 22.1 Å². The van der Waals surface area contributed by atoms with Crippen molar-refractivity contribution in [2.45, 2.75) is 32.7 Å². The second kappa shape index (κ2) is 6.59. The van der Waals surface area contributed by atoms with E-state index in [9.17, 15) is 0 Å². The highest BCUT2D eigenvalue weighted by Gasteiger charge is 2.17. The van der Waals surface area contributed by atoms with Gasteiger partial charge in [0, 0.05) is 25.2 Å². The van der Waals surface area contributed by atoms with Crippen molar-refractivity contribution >= 4 is 5.82 Å². The molecule has 0 radical (unpaired) electrons. The van der Waals surface area contributed by atoms with Gasteiger partial charge in [-0.3, -0.25) is 0 Å². The first-order chi connectivity index (χ1) is 8.81. The summed E-state index contributed by atoms with van der Waals surface area (Å²) in [4.78, 5) is 6.94. The lowest BCUT2D eigenvalue weighted by Crippen LogP contribution is -2.38. The van der Waals surface area contributed by atoms with Gasteiger partial charge < -0.3 is 15.0 Å². The molecule has 2 heterocycles. The van der Waals surface area contributed by atoms with Crippen molar-refractivity contribution in [3.8, 4) is 5.88 Å². The molecule has 1 fully saturated rings. The van der Waals surface area contributed by atoms with Crippen LogP contribution in [0.4, 0.5) is 5.82 Å². The fourth-order valence-electron chi connectivity index (χ4n) is 2.33. The third-order valence-electron chi connectivity index (χ3n) is 3.40. The quantitative estimate of drug-likeness (QED) is 0.869. The van der Waals surface area contributed by atoms with Crippen molar-refractivity contribution in [2.75, 3.05) is 31.6 Å². The number of hydrogen-bond donors (Lipinski definition) is 1. The third-order valence-corrected chi connectivity index (χ3v) is 3.40. The number of aromatic nitrogens is 1. The van der Waals surface area contributed by atoms with Crippen LogP contribution in [0.25, 0.3) is 0 Å². The van der Waals surface area contributed by atoms with Gasteiger partial charge in [0.25, 0.3) is 0 Å². The van der Waals surface area contributed by atoms with Gasteiger partial charge in [-0.1, -0.05) is 13.0 Å². The summed E-state index contributed by atoms with van der Waals surface area (Å²) in [7, 11) is 0. The average molecular weight is 249 g/mol. The summed E-state index contributed by atoms with van der Waals surface area (Å²) in [6, 6.07) is 6.43. The molecule has 1 aliphatic rings. The predicted molar refractivity (Wildman–Crippen MR) is 74.2 cm³/mol. The molecular formula is C14H23N3O. The Morgan fingerprint density at radius 2 is 2.11 bits per heavy atom. The van der Waals surface area contributed by atoms with Crippen LogP contribution in [0.2, 0.25) is 0 Å². The molecule has 0 aromatic carbocycles. The minimum absolute atomic E-state index is 0.539. The van der Waals surface area contributed by atoms with Gasteiger partial charge in [-0.15, -0.1) is 0 Å². The molecule has 1 saturated heterocycles. The Morgan fingerprint density at radius 3 is 2.78 bits per heavy atom. The van der Waals surface area contributed by atoms with E-state index in [-0.39, 0.29) is 0 Å². The Labute approximate surface area is 109 Å². The summed E-state index contributed by atoms with van der Waals surface area (Å²) < 4.78 is 5.41. The van der Waals surface area contributed by atoms with Crippen molar-refractivity contribution in [2.24, 2.45) is 0 Å². The molecule has 1 N–H and O–H groups in total. The molecule has 4 nitrogen and oxygen atoms in total. The number of ether oxygens (including phenoxy) is 1. The second-order valence-corrected chi connectivity index (χ2v) is 4.65. The number of likely N-dealkylation sites (tertiary alicyclic amines) is 1. The summed E-state index contributed by atoms with van der Waals surface area (Å²) in [5, 5.41) is 3.51. The van der Waals surface area contributed by atoms with Crippen LogP contribution in [-0.4, -0.2) is 42.2 Å². The largest absolute Gasteiger partial charge is 0.478 e. The van der Waals surface area contributed by atoms with Crippen LogP contribution in [0.15, 0.2) is 18.2 Å². The molecule has 2 rings (SSSR count). The van der Waals surface area contributed by atoms with Crippen molar-refractivity contribution in [3.05, 3.63) is 18.2 Å². The number of piperidine rings is 1. The number of hydrogen-bond acceptors (Lipinski definition) is 4. The Hall–Kier alpha value is -1.29. The highest BCUT2D eigenvalue weighted by atomic mass is 16.5. The van der Waals surface area contributed by atoms with E-state index in [1.54, 1.807) is 0 Å². The monoisotopic (exact) mass is 249 g/mol. The molecule has 0 bridgehead atoms. The lowest BCUT2D eigenvalue weighted by Gasteiger charge is -2.31. The maximum absolute atomic E-state index is 5.41. The molecule has 1 aromatic rings. The Morgan fingerprint density at radius 1 is 1.33 bits per heavy atom. The molecule has 4 heteroatoms. The standard InChI is InChI=1S/C14H23N3O/c1-3-17-10-8-12(9-11-17)15-13-6-5-7-14(16-13)18-4-2/h5-7,12H,3-4,8-11H2,1-2H3,(H,15,16). The molecular weight excluding hydrogens is 226 g/mol. The predicted octanol–water partition coefficient (Wildman–Crippen LogP) is 2.38. The van der Waals surface area contributed by atoms with Crippen LogP contribution in [0, 0.1) is 0 Å². The topological polar surface area (TPSA) is 37.4 Å². The molecule has 0 atom stereocenters. The van der Waals surface area contributed by atoms with Gasteiger partial charge in [0.1, 0.15) is 5.82 Å². The molecule has 18 heavy (non-hydrogen) atoms. The highest BCUT2D eigenvalue weighted by molar-refractivity contribution is 5.38. The smallest absolute Gasteiger partial charge is 0.215 e. The molecule has 0 spiro atoms. The molecule has 1 aliphatic heterocycles.